The first-order valence-corrected chi connectivity index (χ1v) is 24.5. The van der Waals surface area contributed by atoms with E-state index >= 15 is 0 Å². The Morgan fingerprint density at radius 1 is 0.828 bits per heavy atom. The minimum absolute atomic E-state index is 0.151. The highest BCUT2D eigenvalue weighted by atomic mass is 31.3. The standard InChI is InChI=1S/C37H60FN2O15P3/c1-4-6-7-8-9-10-11-12-13-14-15-16-17-18-24-49-58(48,51-27-30-20-22-31(23-21-30)52-35(41)19-5-2)55-57(46,47)54-56(44,45)50-28-33-32(38)25-34(53-33)40-26-29(3)36(42)39-37(40)43/h20-23,26,32-34H,4-19,24-25,27-28H2,1-3H3,(H,44,45)(H,46,47)(H,39,42,43)/t32-,33+,34+,58?/m0/s1. The summed E-state index contributed by atoms with van der Waals surface area (Å²) >= 11 is 0. The van der Waals surface area contributed by atoms with Gasteiger partial charge in [0.05, 0.1) is 19.8 Å². The number of nitrogens with one attached hydrogen (secondary N) is 1. The zero-order chi connectivity index (χ0) is 42.6. The van der Waals surface area contributed by atoms with Crippen LogP contribution in [0, 0.1) is 6.92 Å². The number of carbonyl (C=O) groups is 1. The Labute approximate surface area is 339 Å². The molecule has 1 aliphatic rings. The monoisotopic (exact) mass is 884 g/mol. The maximum absolute atomic E-state index is 14.8. The van der Waals surface area contributed by atoms with Gasteiger partial charge in [-0.3, -0.25) is 32.7 Å². The van der Waals surface area contributed by atoms with Crippen LogP contribution in [0.4, 0.5) is 4.39 Å². The summed E-state index contributed by atoms with van der Waals surface area (Å²) in [5.74, 6) is -0.173. The van der Waals surface area contributed by atoms with E-state index < -0.39 is 72.4 Å². The fourth-order valence-corrected chi connectivity index (χ4v) is 10.1. The van der Waals surface area contributed by atoms with Crippen molar-refractivity contribution in [3.63, 3.8) is 0 Å². The van der Waals surface area contributed by atoms with Gasteiger partial charge in [-0.2, -0.15) is 8.62 Å². The highest BCUT2D eigenvalue weighted by molar-refractivity contribution is 7.67. The summed E-state index contributed by atoms with van der Waals surface area (Å²) in [6.07, 6.45) is 12.4. The zero-order valence-electron chi connectivity index (χ0n) is 33.6. The molecule has 0 saturated carbocycles. The van der Waals surface area contributed by atoms with E-state index in [1.54, 1.807) is 0 Å². The number of halogens is 1. The molecule has 1 aromatic carbocycles. The highest BCUT2D eigenvalue weighted by Crippen LogP contribution is 2.69. The molecule has 58 heavy (non-hydrogen) atoms. The predicted molar refractivity (Wildman–Crippen MR) is 213 cm³/mol. The number of ether oxygens (including phenoxy) is 2. The summed E-state index contributed by atoms with van der Waals surface area (Å²) in [6.45, 7) is 3.79. The van der Waals surface area contributed by atoms with E-state index in [0.29, 0.717) is 24.8 Å². The van der Waals surface area contributed by atoms with Crippen LogP contribution >= 0.6 is 23.5 Å². The fourth-order valence-electron chi connectivity index (χ4n) is 6.02. The third kappa shape index (κ3) is 18.9. The minimum atomic E-state index is -5.75. The summed E-state index contributed by atoms with van der Waals surface area (Å²) in [4.78, 5) is 58.5. The molecule has 2 aromatic rings. The molecule has 0 bridgehead atoms. The van der Waals surface area contributed by atoms with Gasteiger partial charge in [-0.1, -0.05) is 109 Å². The lowest BCUT2D eigenvalue weighted by molar-refractivity contribution is -0.134. The van der Waals surface area contributed by atoms with Gasteiger partial charge in [0.2, 0.25) is 0 Å². The fraction of sp³-hybridized carbons (Fsp3) is 0.703. The average molecular weight is 885 g/mol. The molecule has 3 unspecified atom stereocenters. The summed E-state index contributed by atoms with van der Waals surface area (Å²) in [5.41, 5.74) is -0.982. The van der Waals surface area contributed by atoms with E-state index in [-0.39, 0.29) is 30.8 Å². The molecule has 0 spiro atoms. The van der Waals surface area contributed by atoms with E-state index in [2.05, 4.69) is 16.2 Å². The number of esters is 1. The molecule has 0 amide bonds. The minimum Gasteiger partial charge on any atom is -0.427 e. The van der Waals surface area contributed by atoms with Gasteiger partial charge in [0.25, 0.3) is 5.56 Å². The number of aryl methyl sites for hydroxylation is 1. The summed E-state index contributed by atoms with van der Waals surface area (Å²) in [5, 5.41) is 0. The van der Waals surface area contributed by atoms with E-state index in [1.165, 1.54) is 88.8 Å². The number of aromatic amines is 1. The molecule has 17 nitrogen and oxygen atoms in total. The van der Waals surface area contributed by atoms with Crippen LogP contribution in [0.1, 0.15) is 140 Å². The molecule has 6 atom stereocenters. The molecule has 1 aromatic heterocycles. The highest BCUT2D eigenvalue weighted by Gasteiger charge is 2.45. The van der Waals surface area contributed by atoms with Gasteiger partial charge in [-0.05, 0) is 37.5 Å². The Kier molecular flexibility index (Phi) is 21.9. The van der Waals surface area contributed by atoms with Gasteiger partial charge >= 0.3 is 35.1 Å². The van der Waals surface area contributed by atoms with E-state index in [9.17, 15) is 42.3 Å². The third-order valence-electron chi connectivity index (χ3n) is 9.18. The Morgan fingerprint density at radius 2 is 1.41 bits per heavy atom. The predicted octanol–water partition coefficient (Wildman–Crippen LogP) is 9.25. The van der Waals surface area contributed by atoms with Crippen molar-refractivity contribution in [2.45, 2.75) is 155 Å². The average Bonchev–Trinajstić information content (AvgIpc) is 3.52. The van der Waals surface area contributed by atoms with Gasteiger partial charge in [0.1, 0.15) is 24.3 Å². The number of carbonyl (C=O) groups excluding carboxylic acids is 1. The van der Waals surface area contributed by atoms with Gasteiger partial charge in [0.15, 0.2) is 0 Å². The Hall–Kier alpha value is -2.33. The van der Waals surface area contributed by atoms with Crippen LogP contribution in [0.3, 0.4) is 0 Å². The number of hydrogen-bond acceptors (Lipinski definition) is 13. The SMILES string of the molecule is CCCCCCCCCCCCCCCCOP(=O)(OCc1ccc(OC(=O)CCC)cc1)OP(=O)(O)OP(=O)(O)OC[C@H]1O[C@@H](n2cc(C)c(=O)[nH]c2=O)C[C@@H]1F. The number of phosphoric acid groups is 3. The topological polar surface area (TPSA) is 228 Å². The quantitative estimate of drug-likeness (QED) is 0.0287. The number of rotatable bonds is 30. The van der Waals surface area contributed by atoms with Crippen molar-refractivity contribution in [1.82, 2.24) is 9.55 Å². The van der Waals surface area contributed by atoms with Gasteiger partial charge in [-0.25, -0.2) is 22.9 Å². The Bertz CT molecular complexity index is 1810. The van der Waals surface area contributed by atoms with Crippen molar-refractivity contribution in [2.24, 2.45) is 0 Å². The lowest BCUT2D eigenvalue weighted by Crippen LogP contribution is -2.33. The molecule has 3 N–H and O–H groups in total. The molecule has 3 rings (SSSR count). The van der Waals surface area contributed by atoms with Crippen LogP contribution in [0.25, 0.3) is 0 Å². The summed E-state index contributed by atoms with van der Waals surface area (Å²) in [7, 11) is -16.3. The molecular weight excluding hydrogens is 824 g/mol. The number of H-pyrrole nitrogens is 1. The summed E-state index contributed by atoms with van der Waals surface area (Å²) < 4.78 is 90.3. The van der Waals surface area contributed by atoms with Gasteiger partial charge < -0.3 is 19.3 Å². The van der Waals surface area contributed by atoms with Gasteiger partial charge in [0, 0.05) is 24.6 Å². The van der Waals surface area contributed by atoms with Crippen LogP contribution in [0.2, 0.25) is 0 Å². The van der Waals surface area contributed by atoms with Gasteiger partial charge in [-0.15, -0.1) is 0 Å². The Balaban J connectivity index is 1.53. The molecule has 1 fully saturated rings. The van der Waals surface area contributed by atoms with Crippen LogP contribution in [-0.2, 0) is 52.0 Å². The van der Waals surface area contributed by atoms with Crippen molar-refractivity contribution < 1.29 is 64.3 Å². The normalized spacial score (nSPS) is 20.0. The van der Waals surface area contributed by atoms with Crippen molar-refractivity contribution in [1.29, 1.82) is 0 Å². The number of phosphoric ester groups is 2. The first kappa shape index (κ1) is 50.0. The van der Waals surface area contributed by atoms with E-state index in [0.717, 1.165) is 30.3 Å². The van der Waals surface area contributed by atoms with Crippen LogP contribution in [-0.4, -0.2) is 50.8 Å². The zero-order valence-corrected chi connectivity index (χ0v) is 36.3. The maximum Gasteiger partial charge on any atom is 0.490 e. The largest absolute Gasteiger partial charge is 0.490 e. The number of unbranched alkanes of at least 4 members (excludes halogenated alkanes) is 13. The molecule has 2 heterocycles. The summed E-state index contributed by atoms with van der Waals surface area (Å²) in [6, 6.07) is 5.90. The number of alkyl halides is 1. The van der Waals surface area contributed by atoms with Crippen molar-refractivity contribution >= 4 is 29.4 Å². The number of aromatic nitrogens is 2. The smallest absolute Gasteiger partial charge is 0.427 e. The molecule has 330 valence electrons. The lowest BCUT2D eigenvalue weighted by Gasteiger charge is -2.22. The number of nitrogens with zero attached hydrogens (tertiary/aromatic N) is 1. The van der Waals surface area contributed by atoms with Crippen molar-refractivity contribution in [3.8, 4) is 5.75 Å². The Morgan fingerprint density at radius 3 is 2.00 bits per heavy atom. The third-order valence-corrected chi connectivity index (χ3v) is 13.9. The lowest BCUT2D eigenvalue weighted by atomic mass is 10.0. The second-order valence-corrected chi connectivity index (χ2v) is 19.1. The second kappa shape index (κ2) is 25.4. The second-order valence-electron chi connectivity index (χ2n) is 14.3. The van der Waals surface area contributed by atoms with Crippen molar-refractivity contribution in [2.75, 3.05) is 13.2 Å². The van der Waals surface area contributed by atoms with E-state index in [1.807, 2.05) is 6.92 Å². The van der Waals surface area contributed by atoms with Crippen LogP contribution in [0.5, 0.6) is 5.75 Å². The molecule has 1 aliphatic heterocycles. The molecule has 21 heteroatoms. The number of hydrogen-bond donors (Lipinski definition) is 3. The molecule has 0 aliphatic carbocycles. The first-order valence-electron chi connectivity index (χ1n) is 20.1. The molecule has 1 saturated heterocycles. The van der Waals surface area contributed by atoms with Crippen LogP contribution < -0.4 is 16.0 Å². The number of benzene rings is 1. The maximum atomic E-state index is 14.8. The van der Waals surface area contributed by atoms with Crippen molar-refractivity contribution in [3.05, 3.63) is 62.4 Å². The van der Waals surface area contributed by atoms with E-state index in [4.69, 9.17) is 27.4 Å². The molecule has 0 radical (unpaired) electrons. The first-order chi connectivity index (χ1) is 27.5. The molecular formula is C37H60FN2O15P3. The van der Waals surface area contributed by atoms with Crippen LogP contribution in [0.15, 0.2) is 40.1 Å².